The van der Waals surface area contributed by atoms with Crippen LogP contribution in [0.5, 0.6) is 0 Å². The quantitative estimate of drug-likeness (QED) is 0.485. The molecule has 0 atom stereocenters. The molecule has 1 fully saturated rings. The van der Waals surface area contributed by atoms with Crippen molar-refractivity contribution in [2.75, 3.05) is 20.0 Å². The minimum Gasteiger partial charge on any atom is -0.354 e. The van der Waals surface area contributed by atoms with Gasteiger partial charge in [-0.25, -0.2) is 0 Å². The molecular weight excluding hydrogens is 140 g/mol. The van der Waals surface area contributed by atoms with E-state index in [1.54, 1.807) is 0 Å². The van der Waals surface area contributed by atoms with Gasteiger partial charge in [0.15, 0.2) is 0 Å². The molecule has 0 bridgehead atoms. The fraction of sp³-hybridized carbons (Fsp3) is 0.556. The fourth-order valence-corrected chi connectivity index (χ4v) is 0.796. The van der Waals surface area contributed by atoms with Crippen molar-refractivity contribution in [3.63, 3.8) is 0 Å². The molecule has 60 valence electrons. The van der Waals surface area contributed by atoms with Gasteiger partial charge in [0.2, 0.25) is 0 Å². The lowest BCUT2D eigenvalue weighted by Gasteiger charge is -2.17. The van der Waals surface area contributed by atoms with Gasteiger partial charge in [0.1, 0.15) is 6.79 Å². The van der Waals surface area contributed by atoms with Gasteiger partial charge < -0.3 is 9.47 Å². The van der Waals surface area contributed by atoms with Crippen molar-refractivity contribution in [3.05, 3.63) is 12.2 Å². The third kappa shape index (κ3) is 3.22. The molecule has 0 radical (unpaired) electrons. The average Bonchev–Trinajstić information content (AvgIpc) is 2.03. The lowest BCUT2D eigenvalue weighted by atomic mass is 10.1. The summed E-state index contributed by atoms with van der Waals surface area (Å²) in [6.07, 6.45) is 0. The molecule has 0 saturated carbocycles. The van der Waals surface area contributed by atoms with E-state index >= 15 is 0 Å². The predicted molar refractivity (Wildman–Crippen MR) is 42.9 cm³/mol. The summed E-state index contributed by atoms with van der Waals surface area (Å²) in [6.45, 7) is 7.34. The summed E-state index contributed by atoms with van der Waals surface area (Å²) in [6, 6.07) is 0. The van der Waals surface area contributed by atoms with Gasteiger partial charge in [-0.05, 0) is 12.5 Å². The molecule has 1 aliphatic rings. The van der Waals surface area contributed by atoms with Gasteiger partial charge >= 0.3 is 0 Å². The molecule has 2 heteroatoms. The molecule has 2 nitrogen and oxygen atoms in total. The van der Waals surface area contributed by atoms with E-state index in [-0.39, 0.29) is 5.92 Å². The van der Waals surface area contributed by atoms with Crippen molar-refractivity contribution in [1.29, 1.82) is 0 Å². The summed E-state index contributed by atoms with van der Waals surface area (Å²) in [4.78, 5) is 0. The highest BCUT2D eigenvalue weighted by Gasteiger charge is 2.10. The number of ether oxygens (including phenoxy) is 2. The first-order valence-corrected chi connectivity index (χ1v) is 3.61. The minimum atomic E-state index is 0.223. The Hall–Kier alpha value is -0.780. The second-order valence-corrected chi connectivity index (χ2v) is 2.61. The molecule has 1 aliphatic heterocycles. The van der Waals surface area contributed by atoms with Crippen LogP contribution in [0, 0.1) is 17.8 Å². The molecule has 0 amide bonds. The Kier molecular flexibility index (Phi) is 3.15. The molecule has 0 aromatic heterocycles. The number of hydrogen-bond donors (Lipinski definition) is 0. The number of rotatable bonds is 0. The molecule has 11 heavy (non-hydrogen) atoms. The molecule has 1 rings (SSSR count). The maximum Gasteiger partial charge on any atom is 0.146 e. The van der Waals surface area contributed by atoms with Crippen LogP contribution in [0.1, 0.15) is 6.92 Å². The summed E-state index contributed by atoms with van der Waals surface area (Å²) in [5.41, 5.74) is 0.885. The van der Waals surface area contributed by atoms with Gasteiger partial charge in [0.05, 0.1) is 19.1 Å². The topological polar surface area (TPSA) is 18.5 Å². The minimum absolute atomic E-state index is 0.223. The summed E-state index contributed by atoms with van der Waals surface area (Å²) in [7, 11) is 0. The highest BCUT2D eigenvalue weighted by atomic mass is 16.7. The Morgan fingerprint density at radius 1 is 1.45 bits per heavy atom. The van der Waals surface area contributed by atoms with Gasteiger partial charge in [-0.3, -0.25) is 0 Å². The van der Waals surface area contributed by atoms with Crippen molar-refractivity contribution >= 4 is 0 Å². The summed E-state index contributed by atoms with van der Waals surface area (Å²) < 4.78 is 10.1. The Labute approximate surface area is 67.2 Å². The SMILES string of the molecule is C=C(C)C#CC1COCOC1. The summed E-state index contributed by atoms with van der Waals surface area (Å²) >= 11 is 0. The van der Waals surface area contributed by atoms with E-state index in [0.29, 0.717) is 20.0 Å². The molecule has 0 spiro atoms. The first kappa shape index (κ1) is 8.32. The highest BCUT2D eigenvalue weighted by Crippen LogP contribution is 2.03. The molecule has 0 aromatic carbocycles. The largest absolute Gasteiger partial charge is 0.354 e. The summed E-state index contributed by atoms with van der Waals surface area (Å²) in [5, 5.41) is 0. The highest BCUT2D eigenvalue weighted by molar-refractivity contribution is 5.24. The lowest BCUT2D eigenvalue weighted by molar-refractivity contribution is -0.113. The Balaban J connectivity index is 2.36. The van der Waals surface area contributed by atoms with Crippen molar-refractivity contribution in [3.8, 4) is 11.8 Å². The second kappa shape index (κ2) is 4.17. The number of hydrogen-bond acceptors (Lipinski definition) is 2. The molecule has 0 aromatic rings. The van der Waals surface area contributed by atoms with Crippen LogP contribution in [-0.4, -0.2) is 20.0 Å². The maximum absolute atomic E-state index is 5.06. The standard InChI is InChI=1S/C9H12O2/c1-8(2)3-4-9-5-10-7-11-6-9/h9H,1,5-7H2,2H3. The average molecular weight is 152 g/mol. The van der Waals surface area contributed by atoms with Gasteiger partial charge in [-0.2, -0.15) is 0 Å². The fourth-order valence-electron chi connectivity index (χ4n) is 0.796. The molecule has 0 N–H and O–H groups in total. The van der Waals surface area contributed by atoms with Crippen LogP contribution >= 0.6 is 0 Å². The molecule has 1 saturated heterocycles. The van der Waals surface area contributed by atoms with Gasteiger partial charge in [0, 0.05) is 0 Å². The molecule has 0 aliphatic carbocycles. The van der Waals surface area contributed by atoms with Crippen LogP contribution < -0.4 is 0 Å². The van der Waals surface area contributed by atoms with Crippen LogP contribution in [-0.2, 0) is 9.47 Å². The van der Waals surface area contributed by atoms with Crippen LogP contribution in [0.25, 0.3) is 0 Å². The first-order valence-electron chi connectivity index (χ1n) is 3.61. The lowest BCUT2D eigenvalue weighted by Crippen LogP contribution is -2.22. The maximum atomic E-state index is 5.06. The van der Waals surface area contributed by atoms with E-state index in [1.165, 1.54) is 0 Å². The van der Waals surface area contributed by atoms with E-state index < -0.39 is 0 Å². The zero-order valence-corrected chi connectivity index (χ0v) is 6.72. The predicted octanol–water partition coefficient (Wildman–Crippen LogP) is 1.19. The monoisotopic (exact) mass is 152 g/mol. The van der Waals surface area contributed by atoms with Crippen molar-refractivity contribution in [2.24, 2.45) is 5.92 Å². The van der Waals surface area contributed by atoms with Crippen LogP contribution in [0.3, 0.4) is 0 Å². The molecule has 1 heterocycles. The molecule has 0 unspecified atom stereocenters. The zero-order chi connectivity index (χ0) is 8.10. The van der Waals surface area contributed by atoms with Crippen molar-refractivity contribution in [2.45, 2.75) is 6.92 Å². The smallest absolute Gasteiger partial charge is 0.146 e. The van der Waals surface area contributed by atoms with Crippen LogP contribution in [0.4, 0.5) is 0 Å². The van der Waals surface area contributed by atoms with Gasteiger partial charge in [-0.1, -0.05) is 18.4 Å². The van der Waals surface area contributed by atoms with Gasteiger partial charge in [0.25, 0.3) is 0 Å². The number of allylic oxidation sites excluding steroid dienone is 1. The van der Waals surface area contributed by atoms with Crippen LogP contribution in [0.15, 0.2) is 12.2 Å². The van der Waals surface area contributed by atoms with E-state index in [1.807, 2.05) is 6.92 Å². The van der Waals surface area contributed by atoms with Crippen molar-refractivity contribution < 1.29 is 9.47 Å². The van der Waals surface area contributed by atoms with Crippen molar-refractivity contribution in [1.82, 2.24) is 0 Å². The zero-order valence-electron chi connectivity index (χ0n) is 6.72. The summed E-state index contributed by atoms with van der Waals surface area (Å²) in [5.74, 6) is 6.15. The van der Waals surface area contributed by atoms with E-state index in [2.05, 4.69) is 18.4 Å². The Morgan fingerprint density at radius 3 is 2.64 bits per heavy atom. The van der Waals surface area contributed by atoms with E-state index in [0.717, 1.165) is 5.57 Å². The third-order valence-electron chi connectivity index (χ3n) is 1.29. The third-order valence-corrected chi connectivity index (χ3v) is 1.29. The van der Waals surface area contributed by atoms with Crippen LogP contribution in [0.2, 0.25) is 0 Å². The molecular formula is C9H12O2. The van der Waals surface area contributed by atoms with E-state index in [4.69, 9.17) is 9.47 Å². The first-order chi connectivity index (χ1) is 5.29. The Bertz CT molecular complexity index is 191. The normalized spacial score (nSPS) is 18.6. The second-order valence-electron chi connectivity index (χ2n) is 2.61. The van der Waals surface area contributed by atoms with E-state index in [9.17, 15) is 0 Å². The van der Waals surface area contributed by atoms with Gasteiger partial charge in [-0.15, -0.1) is 0 Å². The Morgan fingerprint density at radius 2 is 2.09 bits per heavy atom.